The van der Waals surface area contributed by atoms with Crippen molar-refractivity contribution >= 4 is 5.70 Å². The van der Waals surface area contributed by atoms with E-state index in [1.54, 1.807) is 0 Å². The second-order valence-corrected chi connectivity index (χ2v) is 4.44. The first-order valence-corrected chi connectivity index (χ1v) is 6.35. The van der Waals surface area contributed by atoms with E-state index < -0.39 is 0 Å². The Morgan fingerprint density at radius 1 is 1.11 bits per heavy atom. The molecule has 0 amide bonds. The monoisotopic (exact) mass is 250 g/mol. The second-order valence-electron chi connectivity index (χ2n) is 4.44. The van der Waals surface area contributed by atoms with E-state index in [1.807, 2.05) is 60.8 Å². The molecule has 0 aliphatic rings. The number of nitrogens with zero attached hydrogens (tertiary/aromatic N) is 1. The standard InChI is InChI=1S/C17H18N2/c1-14(10-11-16-9-5-6-12-19-16)13-17(18)15-7-3-2-4-8-15/h2-10,12-13H,11,18H2,1H3/b14-10-,17-13-. The van der Waals surface area contributed by atoms with Gasteiger partial charge in [-0.05, 0) is 30.7 Å². The Kier molecular flexibility index (Phi) is 4.51. The zero-order valence-electron chi connectivity index (χ0n) is 11.1. The Balaban J connectivity index is 2.06. The Bertz CT molecular complexity index is 569. The van der Waals surface area contributed by atoms with Crippen LogP contribution in [0.15, 0.2) is 72.5 Å². The van der Waals surface area contributed by atoms with Gasteiger partial charge in [-0.2, -0.15) is 0 Å². The minimum absolute atomic E-state index is 0.787. The van der Waals surface area contributed by atoms with Crippen LogP contribution in [0.25, 0.3) is 5.70 Å². The van der Waals surface area contributed by atoms with Crippen molar-refractivity contribution in [3.8, 4) is 0 Å². The van der Waals surface area contributed by atoms with Gasteiger partial charge in [0.05, 0.1) is 0 Å². The van der Waals surface area contributed by atoms with Crippen molar-refractivity contribution in [2.45, 2.75) is 13.3 Å². The number of rotatable bonds is 4. The fourth-order valence-corrected chi connectivity index (χ4v) is 1.80. The van der Waals surface area contributed by atoms with Crippen LogP contribution in [0.3, 0.4) is 0 Å². The van der Waals surface area contributed by atoms with Crippen LogP contribution in [0.4, 0.5) is 0 Å². The summed E-state index contributed by atoms with van der Waals surface area (Å²) in [7, 11) is 0. The molecule has 0 spiro atoms. The molecule has 2 heteroatoms. The van der Waals surface area contributed by atoms with Gasteiger partial charge in [0.15, 0.2) is 0 Å². The van der Waals surface area contributed by atoms with Gasteiger partial charge in [0, 0.05) is 24.0 Å². The Labute approximate surface area is 114 Å². The number of hydrogen-bond donors (Lipinski definition) is 1. The number of nitrogens with two attached hydrogens (primary N) is 1. The first-order valence-electron chi connectivity index (χ1n) is 6.35. The Hall–Kier alpha value is -2.35. The van der Waals surface area contributed by atoms with Crippen molar-refractivity contribution in [2.75, 3.05) is 0 Å². The molecule has 0 atom stereocenters. The summed E-state index contributed by atoms with van der Waals surface area (Å²) < 4.78 is 0. The average molecular weight is 250 g/mol. The van der Waals surface area contributed by atoms with E-state index in [0.717, 1.165) is 28.9 Å². The Morgan fingerprint density at radius 3 is 2.53 bits per heavy atom. The minimum Gasteiger partial charge on any atom is -0.398 e. The molecule has 2 nitrogen and oxygen atoms in total. The number of benzene rings is 1. The quantitative estimate of drug-likeness (QED) is 0.842. The van der Waals surface area contributed by atoms with Gasteiger partial charge in [0.25, 0.3) is 0 Å². The van der Waals surface area contributed by atoms with Gasteiger partial charge in [0.1, 0.15) is 0 Å². The van der Waals surface area contributed by atoms with Crippen LogP contribution in [0.1, 0.15) is 18.2 Å². The number of pyridine rings is 1. The molecule has 1 aromatic carbocycles. The topological polar surface area (TPSA) is 38.9 Å². The van der Waals surface area contributed by atoms with Gasteiger partial charge in [-0.15, -0.1) is 0 Å². The molecule has 2 rings (SSSR count). The van der Waals surface area contributed by atoms with Gasteiger partial charge in [0.2, 0.25) is 0 Å². The fraction of sp³-hybridized carbons (Fsp3) is 0.118. The Morgan fingerprint density at radius 2 is 1.84 bits per heavy atom. The molecule has 19 heavy (non-hydrogen) atoms. The van der Waals surface area contributed by atoms with Gasteiger partial charge < -0.3 is 5.73 Å². The predicted octanol–water partition coefficient (Wildman–Crippen LogP) is 3.57. The van der Waals surface area contributed by atoms with Crippen LogP contribution in [-0.4, -0.2) is 4.98 Å². The molecule has 0 aliphatic heterocycles. The number of hydrogen-bond acceptors (Lipinski definition) is 2. The minimum atomic E-state index is 0.787. The molecule has 1 heterocycles. The third kappa shape index (κ3) is 4.11. The van der Waals surface area contributed by atoms with E-state index >= 15 is 0 Å². The zero-order valence-corrected chi connectivity index (χ0v) is 11.1. The lowest BCUT2D eigenvalue weighted by Gasteiger charge is -2.02. The third-order valence-electron chi connectivity index (χ3n) is 2.85. The highest BCUT2D eigenvalue weighted by Gasteiger charge is 1.95. The molecule has 0 unspecified atom stereocenters. The van der Waals surface area contributed by atoms with E-state index in [9.17, 15) is 0 Å². The summed E-state index contributed by atoms with van der Waals surface area (Å²) in [4.78, 5) is 4.29. The summed E-state index contributed by atoms with van der Waals surface area (Å²) in [5, 5.41) is 0. The van der Waals surface area contributed by atoms with Crippen LogP contribution in [0.2, 0.25) is 0 Å². The van der Waals surface area contributed by atoms with Crippen LogP contribution >= 0.6 is 0 Å². The molecule has 0 radical (unpaired) electrons. The molecule has 2 aromatic rings. The highest BCUT2D eigenvalue weighted by Crippen LogP contribution is 2.11. The third-order valence-corrected chi connectivity index (χ3v) is 2.85. The number of allylic oxidation sites excluding steroid dienone is 3. The molecule has 0 bridgehead atoms. The summed E-state index contributed by atoms with van der Waals surface area (Å²) >= 11 is 0. The van der Waals surface area contributed by atoms with E-state index in [4.69, 9.17) is 5.73 Å². The van der Waals surface area contributed by atoms with Crippen LogP contribution in [-0.2, 0) is 6.42 Å². The molecule has 2 N–H and O–H groups in total. The maximum atomic E-state index is 6.07. The van der Waals surface area contributed by atoms with E-state index in [-0.39, 0.29) is 0 Å². The second kappa shape index (κ2) is 6.55. The highest BCUT2D eigenvalue weighted by molar-refractivity contribution is 5.65. The molecule has 0 aliphatic carbocycles. The lowest BCUT2D eigenvalue weighted by Crippen LogP contribution is -1.96. The van der Waals surface area contributed by atoms with Crippen molar-refractivity contribution in [2.24, 2.45) is 5.73 Å². The van der Waals surface area contributed by atoms with Crippen molar-refractivity contribution < 1.29 is 0 Å². The van der Waals surface area contributed by atoms with Crippen molar-refractivity contribution in [3.05, 3.63) is 83.7 Å². The lowest BCUT2D eigenvalue weighted by molar-refractivity contribution is 1.10. The largest absolute Gasteiger partial charge is 0.398 e. The van der Waals surface area contributed by atoms with E-state index in [0.29, 0.717) is 0 Å². The average Bonchev–Trinajstić information content (AvgIpc) is 2.47. The molecular weight excluding hydrogens is 232 g/mol. The van der Waals surface area contributed by atoms with Crippen LogP contribution in [0.5, 0.6) is 0 Å². The van der Waals surface area contributed by atoms with Crippen molar-refractivity contribution in [1.29, 1.82) is 0 Å². The molecule has 0 saturated heterocycles. The molecule has 0 saturated carbocycles. The molecular formula is C17H18N2. The van der Waals surface area contributed by atoms with Crippen molar-refractivity contribution in [1.82, 2.24) is 4.98 Å². The predicted molar refractivity (Wildman–Crippen MR) is 80.3 cm³/mol. The molecule has 1 aromatic heterocycles. The van der Waals surface area contributed by atoms with Gasteiger partial charge >= 0.3 is 0 Å². The van der Waals surface area contributed by atoms with Gasteiger partial charge in [-0.3, -0.25) is 4.98 Å². The maximum absolute atomic E-state index is 6.07. The van der Waals surface area contributed by atoms with Crippen LogP contribution < -0.4 is 5.73 Å². The highest BCUT2D eigenvalue weighted by atomic mass is 14.7. The maximum Gasteiger partial charge on any atom is 0.0441 e. The normalized spacial score (nSPS) is 12.5. The van der Waals surface area contributed by atoms with Gasteiger partial charge in [-0.25, -0.2) is 0 Å². The summed E-state index contributed by atoms with van der Waals surface area (Å²) in [5.41, 5.74) is 10.1. The fourth-order valence-electron chi connectivity index (χ4n) is 1.80. The number of aromatic nitrogens is 1. The van der Waals surface area contributed by atoms with E-state index in [2.05, 4.69) is 18.0 Å². The SMILES string of the molecule is CC(=C/Cc1ccccn1)/C=C(\N)c1ccccc1. The van der Waals surface area contributed by atoms with Crippen molar-refractivity contribution in [3.63, 3.8) is 0 Å². The van der Waals surface area contributed by atoms with E-state index in [1.165, 1.54) is 0 Å². The first-order chi connectivity index (χ1) is 9.25. The smallest absolute Gasteiger partial charge is 0.0441 e. The summed E-state index contributed by atoms with van der Waals surface area (Å²) in [6.07, 6.45) is 6.77. The molecule has 96 valence electrons. The lowest BCUT2D eigenvalue weighted by atomic mass is 10.1. The summed E-state index contributed by atoms with van der Waals surface area (Å²) in [6.45, 7) is 2.05. The summed E-state index contributed by atoms with van der Waals surface area (Å²) in [6, 6.07) is 15.9. The van der Waals surface area contributed by atoms with Gasteiger partial charge in [-0.1, -0.05) is 48.0 Å². The first kappa shape index (κ1) is 13.1. The van der Waals surface area contributed by atoms with Crippen LogP contribution in [0, 0.1) is 0 Å². The summed E-state index contributed by atoms with van der Waals surface area (Å²) in [5.74, 6) is 0. The molecule has 0 fully saturated rings. The zero-order chi connectivity index (χ0) is 13.5.